The highest BCUT2D eigenvalue weighted by atomic mass is 16.4. The monoisotopic (exact) mass is 272 g/mol. The van der Waals surface area contributed by atoms with Gasteiger partial charge in [-0.05, 0) is 36.2 Å². The molecule has 1 heterocycles. The topological polar surface area (TPSA) is 69.6 Å². The zero-order chi connectivity index (χ0) is 14.5. The Labute approximate surface area is 117 Å². The Balaban J connectivity index is 2.22. The highest BCUT2D eigenvalue weighted by molar-refractivity contribution is 5.96. The summed E-state index contributed by atoms with van der Waals surface area (Å²) in [5.41, 5.74) is 2.78. The minimum absolute atomic E-state index is 0.0134. The van der Waals surface area contributed by atoms with Crippen LogP contribution in [-0.4, -0.2) is 41.5 Å². The zero-order valence-corrected chi connectivity index (χ0v) is 11.1. The van der Waals surface area contributed by atoms with Crippen LogP contribution >= 0.6 is 0 Å². The summed E-state index contributed by atoms with van der Waals surface area (Å²) in [6.07, 6.45) is 6.12. The molecule has 1 aliphatic heterocycles. The maximum absolute atomic E-state index is 12.3. The molecule has 104 valence electrons. The number of hydrogen-bond acceptors (Lipinski definition) is 3. The molecule has 1 aromatic carbocycles. The molecule has 0 saturated heterocycles. The summed E-state index contributed by atoms with van der Waals surface area (Å²) in [5.74, 6) is 0.891. The third-order valence-corrected chi connectivity index (χ3v) is 3.24. The van der Waals surface area contributed by atoms with Gasteiger partial charge in [-0.3, -0.25) is 9.59 Å². The fourth-order valence-corrected chi connectivity index (χ4v) is 2.27. The summed E-state index contributed by atoms with van der Waals surface area (Å²) in [5, 5.41) is 12.1. The van der Waals surface area contributed by atoms with Gasteiger partial charge in [0.1, 0.15) is 6.54 Å². The minimum atomic E-state index is -1.08. The van der Waals surface area contributed by atoms with E-state index in [2.05, 4.69) is 11.2 Å². The normalized spacial score (nSPS) is 13.2. The molecule has 0 fully saturated rings. The molecule has 2 N–H and O–H groups in total. The van der Waals surface area contributed by atoms with Crippen molar-refractivity contribution in [3.8, 4) is 12.3 Å². The largest absolute Gasteiger partial charge is 0.480 e. The van der Waals surface area contributed by atoms with E-state index in [1.807, 2.05) is 12.1 Å². The highest BCUT2D eigenvalue weighted by Gasteiger charge is 2.19. The van der Waals surface area contributed by atoms with Crippen molar-refractivity contribution in [3.63, 3.8) is 0 Å². The number of carbonyl (C=O) groups is 2. The van der Waals surface area contributed by atoms with E-state index < -0.39 is 12.5 Å². The molecule has 0 aromatic heterocycles. The van der Waals surface area contributed by atoms with E-state index in [0.29, 0.717) is 5.56 Å². The van der Waals surface area contributed by atoms with E-state index in [1.165, 1.54) is 5.56 Å². The molecule has 0 unspecified atom stereocenters. The van der Waals surface area contributed by atoms with Gasteiger partial charge in [-0.15, -0.1) is 6.42 Å². The van der Waals surface area contributed by atoms with Gasteiger partial charge in [-0.1, -0.05) is 12.0 Å². The number of carboxylic acids is 1. The quantitative estimate of drug-likeness (QED) is 0.783. The minimum Gasteiger partial charge on any atom is -0.480 e. The van der Waals surface area contributed by atoms with Gasteiger partial charge in [0.15, 0.2) is 0 Å². The molecule has 1 aliphatic rings. The van der Waals surface area contributed by atoms with Crippen LogP contribution in [0.2, 0.25) is 0 Å². The zero-order valence-electron chi connectivity index (χ0n) is 11.1. The number of nitrogens with zero attached hydrogens (tertiary/aromatic N) is 1. The van der Waals surface area contributed by atoms with Crippen LogP contribution in [0.25, 0.3) is 0 Å². The van der Waals surface area contributed by atoms with Gasteiger partial charge >= 0.3 is 5.97 Å². The number of rotatable bonds is 4. The van der Waals surface area contributed by atoms with E-state index in [0.717, 1.165) is 30.0 Å². The van der Waals surface area contributed by atoms with E-state index in [4.69, 9.17) is 11.5 Å². The smallest absolute Gasteiger partial charge is 0.323 e. The molecule has 1 amide bonds. The Morgan fingerprint density at radius 1 is 1.40 bits per heavy atom. The average molecular weight is 272 g/mol. The molecule has 5 nitrogen and oxygen atoms in total. The van der Waals surface area contributed by atoms with E-state index in [9.17, 15) is 9.59 Å². The Hall–Kier alpha value is -2.32. The number of nitrogens with one attached hydrogen (secondary N) is 1. The molecular weight excluding hydrogens is 256 g/mol. The van der Waals surface area contributed by atoms with E-state index >= 15 is 0 Å². The van der Waals surface area contributed by atoms with Crippen LogP contribution in [0.15, 0.2) is 18.2 Å². The van der Waals surface area contributed by atoms with Gasteiger partial charge in [0.25, 0.3) is 5.91 Å². The number of terminal acetylenes is 1. The lowest BCUT2D eigenvalue weighted by atomic mass is 9.98. The second-order valence-corrected chi connectivity index (χ2v) is 4.67. The van der Waals surface area contributed by atoms with Gasteiger partial charge < -0.3 is 15.3 Å². The number of fused-ring (bicyclic) bond motifs is 1. The van der Waals surface area contributed by atoms with E-state index in [-0.39, 0.29) is 12.5 Å². The first kappa shape index (κ1) is 14.1. The average Bonchev–Trinajstić information content (AvgIpc) is 2.45. The third kappa shape index (κ3) is 3.16. The second-order valence-electron chi connectivity index (χ2n) is 4.67. The molecule has 0 atom stereocenters. The molecule has 0 radical (unpaired) electrons. The Morgan fingerprint density at radius 2 is 2.20 bits per heavy atom. The van der Waals surface area contributed by atoms with Crippen LogP contribution in [0.5, 0.6) is 0 Å². The molecule has 1 aromatic rings. The van der Waals surface area contributed by atoms with Crippen LogP contribution in [0, 0.1) is 12.3 Å². The van der Waals surface area contributed by atoms with Crippen molar-refractivity contribution >= 4 is 11.9 Å². The molecule has 0 bridgehead atoms. The van der Waals surface area contributed by atoms with Gasteiger partial charge in [0.2, 0.25) is 0 Å². The number of hydrogen-bond donors (Lipinski definition) is 2. The van der Waals surface area contributed by atoms with E-state index in [1.54, 1.807) is 6.07 Å². The number of carbonyl (C=O) groups excluding carboxylic acids is 1. The first-order valence-corrected chi connectivity index (χ1v) is 6.39. The maximum Gasteiger partial charge on any atom is 0.323 e. The summed E-state index contributed by atoms with van der Waals surface area (Å²) in [7, 11) is 0. The second kappa shape index (κ2) is 6.22. The Bertz CT molecular complexity index is 575. The lowest BCUT2D eigenvalue weighted by molar-refractivity contribution is -0.137. The van der Waals surface area contributed by atoms with Crippen molar-refractivity contribution in [2.45, 2.75) is 13.0 Å². The molecule has 0 spiro atoms. The standard InChI is InChI=1S/C15H16N2O3/c1-2-7-17(10-14(18)19)15(20)12-4-3-11-5-6-16-9-13(11)8-12/h1,3-4,8,16H,5-7,9-10H2,(H,18,19). The van der Waals surface area contributed by atoms with Crippen LogP contribution in [-0.2, 0) is 17.8 Å². The predicted octanol–water partition coefficient (Wildman–Crippen LogP) is 0.492. The maximum atomic E-state index is 12.3. The SMILES string of the molecule is C#CCN(CC(=O)O)C(=O)c1ccc2c(c1)CNCC2. The van der Waals surface area contributed by atoms with Crippen molar-refractivity contribution in [3.05, 3.63) is 34.9 Å². The summed E-state index contributed by atoms with van der Waals surface area (Å²) < 4.78 is 0. The van der Waals surface area contributed by atoms with Crippen LogP contribution < -0.4 is 5.32 Å². The van der Waals surface area contributed by atoms with Crippen molar-refractivity contribution in [2.24, 2.45) is 0 Å². The molecule has 0 saturated carbocycles. The van der Waals surface area contributed by atoms with Gasteiger partial charge in [-0.2, -0.15) is 0 Å². The predicted molar refractivity (Wildman–Crippen MR) is 74.2 cm³/mol. The number of carboxylic acid groups (broad SMARTS) is 1. The number of amides is 1. The molecule has 20 heavy (non-hydrogen) atoms. The summed E-state index contributed by atoms with van der Waals surface area (Å²) in [6.45, 7) is 1.26. The van der Waals surface area contributed by atoms with Crippen molar-refractivity contribution in [1.82, 2.24) is 10.2 Å². The lowest BCUT2D eigenvalue weighted by Crippen LogP contribution is -2.36. The molecular formula is C15H16N2O3. The lowest BCUT2D eigenvalue weighted by Gasteiger charge is -2.21. The molecule has 0 aliphatic carbocycles. The fraction of sp³-hybridized carbons (Fsp3) is 0.333. The molecule has 2 rings (SSSR count). The Morgan fingerprint density at radius 3 is 2.90 bits per heavy atom. The number of aliphatic carboxylic acids is 1. The van der Waals surface area contributed by atoms with Crippen molar-refractivity contribution < 1.29 is 14.7 Å². The summed E-state index contributed by atoms with van der Waals surface area (Å²) in [4.78, 5) is 24.2. The van der Waals surface area contributed by atoms with Gasteiger partial charge in [0.05, 0.1) is 6.54 Å². The van der Waals surface area contributed by atoms with Crippen LogP contribution in [0.4, 0.5) is 0 Å². The van der Waals surface area contributed by atoms with Crippen LogP contribution in [0.3, 0.4) is 0 Å². The van der Waals surface area contributed by atoms with Gasteiger partial charge in [0, 0.05) is 12.1 Å². The first-order valence-electron chi connectivity index (χ1n) is 6.39. The van der Waals surface area contributed by atoms with Crippen molar-refractivity contribution in [1.29, 1.82) is 0 Å². The first-order chi connectivity index (χ1) is 9.61. The summed E-state index contributed by atoms with van der Waals surface area (Å²) >= 11 is 0. The Kier molecular flexibility index (Phi) is 4.38. The number of benzene rings is 1. The fourth-order valence-electron chi connectivity index (χ4n) is 2.27. The molecule has 5 heteroatoms. The summed E-state index contributed by atoms with van der Waals surface area (Å²) in [6, 6.07) is 5.48. The van der Waals surface area contributed by atoms with Crippen LogP contribution in [0.1, 0.15) is 21.5 Å². The third-order valence-electron chi connectivity index (χ3n) is 3.24. The highest BCUT2D eigenvalue weighted by Crippen LogP contribution is 2.17. The van der Waals surface area contributed by atoms with Crippen molar-refractivity contribution in [2.75, 3.05) is 19.6 Å². The van der Waals surface area contributed by atoms with Gasteiger partial charge in [-0.25, -0.2) is 0 Å².